The average Bonchev–Trinajstić information content (AvgIpc) is 2.88. The molecule has 114 valence electrons. The number of amides is 2. The van der Waals surface area contributed by atoms with Crippen molar-refractivity contribution < 1.29 is 9.53 Å². The standard InChI is InChI=1S/C11H18N8O2/c1-2-21-10-15-8(17-12)14-9(16-10)18-3-4-19-7(6-18)5-13-11(19)20/h7H,2-6,12H2,1H3,(H,13,20)(H,14,15,16,17). The Morgan fingerprint density at radius 1 is 1.43 bits per heavy atom. The number of aromatic nitrogens is 3. The topological polar surface area (TPSA) is 122 Å². The quantitative estimate of drug-likeness (QED) is 0.466. The SMILES string of the molecule is CCOc1nc(NN)nc(N2CCN3C(=O)NCC3C2)n1. The molecule has 3 rings (SSSR count). The molecule has 2 fully saturated rings. The van der Waals surface area contributed by atoms with E-state index in [0.29, 0.717) is 38.7 Å². The van der Waals surface area contributed by atoms with Crippen LogP contribution in [0.25, 0.3) is 0 Å². The van der Waals surface area contributed by atoms with E-state index in [2.05, 4.69) is 25.7 Å². The van der Waals surface area contributed by atoms with E-state index < -0.39 is 0 Å². The van der Waals surface area contributed by atoms with Gasteiger partial charge in [-0.15, -0.1) is 0 Å². The maximum Gasteiger partial charge on any atom is 0.323 e. The van der Waals surface area contributed by atoms with E-state index in [9.17, 15) is 4.79 Å². The van der Waals surface area contributed by atoms with Crippen molar-refractivity contribution in [2.24, 2.45) is 5.84 Å². The Hall–Kier alpha value is -2.36. The minimum absolute atomic E-state index is 0.00499. The number of nitrogens with zero attached hydrogens (tertiary/aromatic N) is 5. The fourth-order valence-electron chi connectivity index (χ4n) is 2.53. The van der Waals surface area contributed by atoms with E-state index in [4.69, 9.17) is 10.6 Å². The third-order valence-electron chi connectivity index (χ3n) is 3.52. The van der Waals surface area contributed by atoms with Crippen LogP contribution in [0.15, 0.2) is 0 Å². The van der Waals surface area contributed by atoms with Gasteiger partial charge in [0, 0.05) is 26.2 Å². The van der Waals surface area contributed by atoms with Gasteiger partial charge in [-0.3, -0.25) is 5.43 Å². The minimum atomic E-state index is -0.00499. The summed E-state index contributed by atoms with van der Waals surface area (Å²) in [6.45, 7) is 4.91. The van der Waals surface area contributed by atoms with E-state index >= 15 is 0 Å². The Morgan fingerprint density at radius 3 is 3.05 bits per heavy atom. The molecule has 10 heteroatoms. The highest BCUT2D eigenvalue weighted by molar-refractivity contribution is 5.77. The number of piperazine rings is 1. The predicted molar refractivity (Wildman–Crippen MR) is 74.9 cm³/mol. The molecular formula is C11H18N8O2. The molecule has 2 aliphatic rings. The smallest absolute Gasteiger partial charge is 0.323 e. The summed E-state index contributed by atoms with van der Waals surface area (Å²) in [5.41, 5.74) is 2.41. The Balaban J connectivity index is 1.80. The van der Waals surface area contributed by atoms with Gasteiger partial charge in [0.25, 0.3) is 0 Å². The van der Waals surface area contributed by atoms with E-state index in [-0.39, 0.29) is 24.0 Å². The molecule has 0 aromatic carbocycles. The van der Waals surface area contributed by atoms with Crippen molar-refractivity contribution in [2.45, 2.75) is 13.0 Å². The number of rotatable bonds is 4. The zero-order valence-electron chi connectivity index (χ0n) is 11.7. The van der Waals surface area contributed by atoms with Crippen LogP contribution < -0.4 is 26.2 Å². The fourth-order valence-corrected chi connectivity index (χ4v) is 2.53. The van der Waals surface area contributed by atoms with Crippen molar-refractivity contribution in [1.82, 2.24) is 25.2 Å². The molecule has 2 amide bonds. The molecule has 1 unspecified atom stereocenters. The van der Waals surface area contributed by atoms with Gasteiger partial charge in [0.1, 0.15) is 0 Å². The number of anilines is 2. The number of nitrogen functional groups attached to an aromatic ring is 1. The number of carbonyl (C=O) groups is 1. The van der Waals surface area contributed by atoms with Crippen LogP contribution in [0.3, 0.4) is 0 Å². The van der Waals surface area contributed by atoms with Crippen molar-refractivity contribution in [2.75, 3.05) is 43.1 Å². The summed E-state index contributed by atoms with van der Waals surface area (Å²) in [7, 11) is 0. The maximum atomic E-state index is 11.6. The van der Waals surface area contributed by atoms with E-state index in [1.165, 1.54) is 0 Å². The van der Waals surface area contributed by atoms with Gasteiger partial charge < -0.3 is 19.9 Å². The van der Waals surface area contributed by atoms with E-state index in [1.807, 2.05) is 16.7 Å². The molecule has 0 saturated carbocycles. The molecular weight excluding hydrogens is 276 g/mol. The number of nitrogens with two attached hydrogens (primary N) is 1. The first-order valence-electron chi connectivity index (χ1n) is 6.86. The highest BCUT2D eigenvalue weighted by atomic mass is 16.5. The average molecular weight is 294 g/mol. The number of hydrogen-bond donors (Lipinski definition) is 3. The normalized spacial score (nSPS) is 21.0. The van der Waals surface area contributed by atoms with Crippen LogP contribution in [0, 0.1) is 0 Å². The van der Waals surface area contributed by atoms with Gasteiger partial charge in [0.2, 0.25) is 11.9 Å². The number of ether oxygens (including phenoxy) is 1. The van der Waals surface area contributed by atoms with Gasteiger partial charge >= 0.3 is 12.0 Å². The molecule has 4 N–H and O–H groups in total. The summed E-state index contributed by atoms with van der Waals surface area (Å²) in [5, 5.41) is 2.84. The summed E-state index contributed by atoms with van der Waals surface area (Å²) >= 11 is 0. The van der Waals surface area contributed by atoms with Crippen molar-refractivity contribution in [3.8, 4) is 6.01 Å². The number of carbonyl (C=O) groups excluding carboxylic acids is 1. The summed E-state index contributed by atoms with van der Waals surface area (Å²) in [6.07, 6.45) is 0. The zero-order chi connectivity index (χ0) is 14.8. The zero-order valence-corrected chi connectivity index (χ0v) is 11.7. The molecule has 1 aromatic rings. The van der Waals surface area contributed by atoms with Gasteiger partial charge in [0.15, 0.2) is 0 Å². The highest BCUT2D eigenvalue weighted by Gasteiger charge is 2.36. The number of urea groups is 1. The molecule has 0 spiro atoms. The molecule has 0 aliphatic carbocycles. The summed E-state index contributed by atoms with van der Waals surface area (Å²) in [5.74, 6) is 6.13. The van der Waals surface area contributed by atoms with Gasteiger partial charge in [0.05, 0.1) is 12.6 Å². The van der Waals surface area contributed by atoms with Crippen LogP contribution in [0.4, 0.5) is 16.7 Å². The second kappa shape index (κ2) is 5.56. The van der Waals surface area contributed by atoms with Crippen LogP contribution in [0.5, 0.6) is 6.01 Å². The van der Waals surface area contributed by atoms with Gasteiger partial charge in [-0.1, -0.05) is 0 Å². The molecule has 1 aromatic heterocycles. The molecule has 1 atom stereocenters. The first kappa shape index (κ1) is 13.6. The van der Waals surface area contributed by atoms with Crippen molar-refractivity contribution in [1.29, 1.82) is 0 Å². The Labute approximate surface area is 121 Å². The third-order valence-corrected chi connectivity index (χ3v) is 3.52. The van der Waals surface area contributed by atoms with Crippen LogP contribution in [-0.2, 0) is 0 Å². The Kier molecular flexibility index (Phi) is 3.60. The molecule has 21 heavy (non-hydrogen) atoms. The number of hydrazine groups is 1. The van der Waals surface area contributed by atoms with Crippen LogP contribution >= 0.6 is 0 Å². The maximum absolute atomic E-state index is 11.6. The lowest BCUT2D eigenvalue weighted by Gasteiger charge is -2.36. The fraction of sp³-hybridized carbons (Fsp3) is 0.636. The van der Waals surface area contributed by atoms with Crippen molar-refractivity contribution in [3.05, 3.63) is 0 Å². The van der Waals surface area contributed by atoms with Gasteiger partial charge in [-0.2, -0.15) is 15.0 Å². The Bertz CT molecular complexity index is 539. The molecule has 0 bridgehead atoms. The number of fused-ring (bicyclic) bond motifs is 1. The van der Waals surface area contributed by atoms with Crippen LogP contribution in [0.1, 0.15) is 6.92 Å². The minimum Gasteiger partial charge on any atom is -0.464 e. The van der Waals surface area contributed by atoms with Crippen LogP contribution in [-0.4, -0.2) is 64.7 Å². The second-order valence-corrected chi connectivity index (χ2v) is 4.80. The van der Waals surface area contributed by atoms with Gasteiger partial charge in [-0.05, 0) is 6.92 Å². The van der Waals surface area contributed by atoms with E-state index in [1.54, 1.807) is 0 Å². The third kappa shape index (κ3) is 2.61. The predicted octanol–water partition coefficient (Wildman–Crippen LogP) is -1.23. The first-order chi connectivity index (χ1) is 10.2. The largest absolute Gasteiger partial charge is 0.464 e. The summed E-state index contributed by atoms with van der Waals surface area (Å²) < 4.78 is 5.32. The Morgan fingerprint density at radius 2 is 2.29 bits per heavy atom. The highest BCUT2D eigenvalue weighted by Crippen LogP contribution is 2.20. The molecule has 2 saturated heterocycles. The lowest BCUT2D eigenvalue weighted by Crippen LogP contribution is -2.52. The lowest BCUT2D eigenvalue weighted by atomic mass is 10.2. The number of hydrogen-bond acceptors (Lipinski definition) is 8. The van der Waals surface area contributed by atoms with Gasteiger partial charge in [-0.25, -0.2) is 10.6 Å². The van der Waals surface area contributed by atoms with Crippen LogP contribution in [0.2, 0.25) is 0 Å². The molecule has 3 heterocycles. The van der Waals surface area contributed by atoms with E-state index in [0.717, 1.165) is 0 Å². The lowest BCUT2D eigenvalue weighted by molar-refractivity contribution is 0.197. The second-order valence-electron chi connectivity index (χ2n) is 4.80. The molecule has 2 aliphatic heterocycles. The summed E-state index contributed by atoms with van der Waals surface area (Å²) in [6, 6.07) is 0.362. The summed E-state index contributed by atoms with van der Waals surface area (Å²) in [4.78, 5) is 28.0. The molecule has 0 radical (unpaired) electrons. The number of nitrogens with one attached hydrogen (secondary N) is 2. The van der Waals surface area contributed by atoms with Crippen molar-refractivity contribution in [3.63, 3.8) is 0 Å². The first-order valence-corrected chi connectivity index (χ1v) is 6.86. The van der Waals surface area contributed by atoms with Crippen molar-refractivity contribution >= 4 is 17.9 Å². The monoisotopic (exact) mass is 294 g/mol. The molecule has 10 nitrogen and oxygen atoms in total.